The van der Waals surface area contributed by atoms with Crippen molar-refractivity contribution < 1.29 is 17.9 Å². The van der Waals surface area contributed by atoms with Crippen LogP contribution in [0.3, 0.4) is 0 Å². The van der Waals surface area contributed by atoms with Gasteiger partial charge in [-0.15, -0.1) is 0 Å². The topological polar surface area (TPSA) is 80.8 Å². The Balaban J connectivity index is 1.60. The van der Waals surface area contributed by atoms with Crippen LogP contribution in [-0.2, 0) is 14.8 Å². The highest BCUT2D eigenvalue weighted by Crippen LogP contribution is 2.27. The smallest absolute Gasteiger partial charge is 0.244 e. The summed E-state index contributed by atoms with van der Waals surface area (Å²) in [6.07, 6.45) is 4.62. The van der Waals surface area contributed by atoms with Crippen LogP contribution in [0.2, 0.25) is 0 Å². The summed E-state index contributed by atoms with van der Waals surface area (Å²) in [5.41, 5.74) is 0. The molecule has 0 amide bonds. The second-order valence-corrected chi connectivity index (χ2v) is 9.21. The van der Waals surface area contributed by atoms with Gasteiger partial charge >= 0.3 is 0 Å². The molecule has 0 aliphatic carbocycles. The molecule has 0 spiro atoms. The van der Waals surface area contributed by atoms with Gasteiger partial charge in [-0.3, -0.25) is 0 Å². The molecule has 2 saturated heterocycles. The molecule has 0 aromatic carbocycles. The Morgan fingerprint density at radius 1 is 1.40 bits per heavy atom. The third-order valence-corrected chi connectivity index (χ3v) is 6.59. The Morgan fingerprint density at radius 2 is 2.16 bits per heavy atom. The zero-order valence-electron chi connectivity index (χ0n) is 14.3. The van der Waals surface area contributed by atoms with Crippen LogP contribution in [0.1, 0.15) is 25.7 Å². The molecule has 2 aliphatic rings. The van der Waals surface area contributed by atoms with Crippen molar-refractivity contribution in [1.82, 2.24) is 14.6 Å². The maximum atomic E-state index is 12.4. The predicted octanol–water partition coefficient (Wildman–Crippen LogP) is 1.98. The summed E-state index contributed by atoms with van der Waals surface area (Å²) in [5.74, 6) is 0.935. The predicted molar refractivity (Wildman–Crippen MR) is 96.9 cm³/mol. The highest BCUT2D eigenvalue weighted by molar-refractivity contribution is 9.10. The molecule has 1 unspecified atom stereocenters. The second-order valence-electron chi connectivity index (χ2n) is 6.64. The standard InChI is InChI=1S/C16H24BrN3O4S/c1-20-6-4-12(5-7-20)11-24-16-14(17)9-13(10-18-16)25(21,22)19-15-3-2-8-23-15/h9-10,12,15,19H,2-8,11H2,1H3. The molecule has 0 radical (unpaired) electrons. The largest absolute Gasteiger partial charge is 0.477 e. The minimum atomic E-state index is -3.65. The van der Waals surface area contributed by atoms with Gasteiger partial charge < -0.3 is 14.4 Å². The number of pyridine rings is 1. The van der Waals surface area contributed by atoms with Crippen LogP contribution in [0, 0.1) is 5.92 Å². The number of nitrogens with one attached hydrogen (secondary N) is 1. The van der Waals surface area contributed by atoms with Crippen LogP contribution >= 0.6 is 15.9 Å². The van der Waals surface area contributed by atoms with Crippen LogP contribution in [0.15, 0.2) is 21.6 Å². The van der Waals surface area contributed by atoms with E-state index < -0.39 is 16.3 Å². The van der Waals surface area contributed by atoms with Crippen molar-refractivity contribution in [3.05, 3.63) is 16.7 Å². The number of ether oxygens (including phenoxy) is 2. The Labute approximate surface area is 157 Å². The molecule has 0 bridgehead atoms. The molecule has 2 aliphatic heterocycles. The van der Waals surface area contributed by atoms with Crippen molar-refractivity contribution in [1.29, 1.82) is 0 Å². The van der Waals surface area contributed by atoms with E-state index in [1.54, 1.807) is 0 Å². The lowest BCUT2D eigenvalue weighted by Crippen LogP contribution is -2.34. The van der Waals surface area contributed by atoms with Crippen molar-refractivity contribution in [3.8, 4) is 5.88 Å². The van der Waals surface area contributed by atoms with Crippen molar-refractivity contribution >= 4 is 26.0 Å². The number of hydrogen-bond acceptors (Lipinski definition) is 6. The number of aromatic nitrogens is 1. The van der Waals surface area contributed by atoms with Gasteiger partial charge in [0.05, 0.1) is 17.3 Å². The van der Waals surface area contributed by atoms with E-state index in [0.717, 1.165) is 32.4 Å². The fraction of sp³-hybridized carbons (Fsp3) is 0.688. The van der Waals surface area contributed by atoms with Crippen molar-refractivity contribution in [3.63, 3.8) is 0 Å². The summed E-state index contributed by atoms with van der Waals surface area (Å²) in [4.78, 5) is 6.59. The van der Waals surface area contributed by atoms with Crippen LogP contribution in [-0.4, -0.2) is 57.9 Å². The number of sulfonamides is 1. The van der Waals surface area contributed by atoms with Gasteiger partial charge in [0.2, 0.25) is 15.9 Å². The number of likely N-dealkylation sites (tertiary alicyclic amines) is 1. The van der Waals surface area contributed by atoms with Crippen LogP contribution < -0.4 is 9.46 Å². The lowest BCUT2D eigenvalue weighted by molar-refractivity contribution is 0.103. The van der Waals surface area contributed by atoms with E-state index in [1.807, 2.05) is 0 Å². The first-order valence-corrected chi connectivity index (χ1v) is 10.8. The molecule has 1 aromatic heterocycles. The number of nitrogens with zero attached hydrogens (tertiary/aromatic N) is 2. The molecule has 140 valence electrons. The SMILES string of the molecule is CN1CCC(COc2ncc(S(=O)(=O)NC3CCCO3)cc2Br)CC1. The lowest BCUT2D eigenvalue weighted by atomic mass is 9.98. The van der Waals surface area contributed by atoms with E-state index in [9.17, 15) is 8.42 Å². The number of piperidine rings is 1. The van der Waals surface area contributed by atoms with Crippen LogP contribution in [0.25, 0.3) is 0 Å². The lowest BCUT2D eigenvalue weighted by Gasteiger charge is -2.28. The molecule has 2 fully saturated rings. The van der Waals surface area contributed by atoms with Gasteiger partial charge in [0.15, 0.2) is 0 Å². The molecular formula is C16H24BrN3O4S. The van der Waals surface area contributed by atoms with E-state index in [1.165, 1.54) is 12.3 Å². The monoisotopic (exact) mass is 433 g/mol. The van der Waals surface area contributed by atoms with Gasteiger partial charge in [-0.05, 0) is 73.7 Å². The summed E-state index contributed by atoms with van der Waals surface area (Å²) < 4.78 is 39.0. The maximum absolute atomic E-state index is 12.4. The number of halogens is 1. The average molecular weight is 434 g/mol. The first kappa shape index (κ1) is 19.0. The molecule has 25 heavy (non-hydrogen) atoms. The van der Waals surface area contributed by atoms with Gasteiger partial charge in [0, 0.05) is 6.61 Å². The minimum absolute atomic E-state index is 0.0986. The normalized spacial score (nSPS) is 23.0. The summed E-state index contributed by atoms with van der Waals surface area (Å²) in [7, 11) is -1.53. The molecule has 1 aromatic rings. The Morgan fingerprint density at radius 3 is 2.80 bits per heavy atom. The van der Waals surface area contributed by atoms with E-state index in [0.29, 0.717) is 35.9 Å². The molecular weight excluding hydrogens is 410 g/mol. The van der Waals surface area contributed by atoms with Gasteiger partial charge in [0.1, 0.15) is 11.1 Å². The molecule has 0 saturated carbocycles. The quantitative estimate of drug-likeness (QED) is 0.738. The highest BCUT2D eigenvalue weighted by atomic mass is 79.9. The maximum Gasteiger partial charge on any atom is 0.244 e. The van der Waals surface area contributed by atoms with E-state index in [4.69, 9.17) is 9.47 Å². The zero-order valence-corrected chi connectivity index (χ0v) is 16.7. The summed E-state index contributed by atoms with van der Waals surface area (Å²) in [6.45, 7) is 3.34. The second kappa shape index (κ2) is 8.30. The Hall–Kier alpha value is -0.740. The summed E-state index contributed by atoms with van der Waals surface area (Å²) in [5, 5.41) is 0. The van der Waals surface area contributed by atoms with E-state index in [-0.39, 0.29) is 4.90 Å². The molecule has 9 heteroatoms. The molecule has 7 nitrogen and oxygen atoms in total. The molecule has 3 rings (SSSR count). The van der Waals surface area contributed by atoms with Crippen LogP contribution in [0.4, 0.5) is 0 Å². The fourth-order valence-electron chi connectivity index (χ4n) is 3.00. The van der Waals surface area contributed by atoms with Crippen LogP contribution in [0.5, 0.6) is 5.88 Å². The fourth-order valence-corrected chi connectivity index (χ4v) is 4.75. The zero-order chi connectivity index (χ0) is 17.9. The van der Waals surface area contributed by atoms with Gasteiger partial charge in [-0.25, -0.2) is 13.4 Å². The minimum Gasteiger partial charge on any atom is -0.477 e. The van der Waals surface area contributed by atoms with Gasteiger partial charge in [0.25, 0.3) is 0 Å². The first-order valence-electron chi connectivity index (χ1n) is 8.55. The van der Waals surface area contributed by atoms with E-state index in [2.05, 4.69) is 37.6 Å². The molecule has 1 N–H and O–H groups in total. The first-order chi connectivity index (χ1) is 11.9. The Bertz CT molecular complexity index is 687. The van der Waals surface area contributed by atoms with E-state index >= 15 is 0 Å². The summed E-state index contributed by atoms with van der Waals surface area (Å²) in [6, 6.07) is 1.52. The summed E-state index contributed by atoms with van der Waals surface area (Å²) >= 11 is 3.37. The van der Waals surface area contributed by atoms with Gasteiger partial charge in [-0.2, -0.15) is 4.72 Å². The average Bonchev–Trinajstić information content (AvgIpc) is 3.07. The van der Waals surface area contributed by atoms with Gasteiger partial charge in [-0.1, -0.05) is 0 Å². The molecule has 1 atom stereocenters. The third kappa shape index (κ3) is 5.13. The Kier molecular flexibility index (Phi) is 6.32. The molecule has 3 heterocycles. The number of rotatable bonds is 6. The van der Waals surface area contributed by atoms with Crippen molar-refractivity contribution in [2.75, 3.05) is 33.4 Å². The highest BCUT2D eigenvalue weighted by Gasteiger charge is 2.25. The van der Waals surface area contributed by atoms with Crippen molar-refractivity contribution in [2.24, 2.45) is 5.92 Å². The third-order valence-electron chi connectivity index (χ3n) is 4.60. The number of hydrogen-bond donors (Lipinski definition) is 1. The van der Waals surface area contributed by atoms with Crippen molar-refractivity contribution in [2.45, 2.75) is 36.8 Å².